The number of alkyl halides is 3. The second kappa shape index (κ2) is 14.5. The lowest BCUT2D eigenvalue weighted by Gasteiger charge is -2.33. The van der Waals surface area contributed by atoms with Gasteiger partial charge in [0.1, 0.15) is 0 Å². The van der Waals surface area contributed by atoms with Crippen molar-refractivity contribution < 1.29 is 41.0 Å². The summed E-state index contributed by atoms with van der Waals surface area (Å²) in [6.45, 7) is 4.80. The van der Waals surface area contributed by atoms with E-state index in [1.807, 2.05) is 42.8 Å². The van der Waals surface area contributed by atoms with E-state index in [4.69, 9.17) is 5.73 Å². The summed E-state index contributed by atoms with van der Waals surface area (Å²) in [7, 11) is -4.51. The van der Waals surface area contributed by atoms with Crippen molar-refractivity contribution in [2.24, 2.45) is 11.7 Å². The Morgan fingerprint density at radius 3 is 2.36 bits per heavy atom. The Morgan fingerprint density at radius 2 is 1.75 bits per heavy atom. The van der Waals surface area contributed by atoms with Crippen LogP contribution >= 0.6 is 0 Å². The van der Waals surface area contributed by atoms with E-state index in [2.05, 4.69) is 9.72 Å². The molecule has 0 aliphatic heterocycles. The van der Waals surface area contributed by atoms with Crippen molar-refractivity contribution in [3.8, 4) is 0 Å². The van der Waals surface area contributed by atoms with E-state index < -0.39 is 47.0 Å². The molecule has 0 bridgehead atoms. The number of nitrogens with zero attached hydrogens (tertiary/aromatic N) is 1. The minimum Gasteiger partial charge on any atom is -0.434 e. The number of nitrogens with one attached hydrogen (secondary N) is 2. The fraction of sp³-hybridized carbons (Fsp3) is 0.467. The molecule has 10 nitrogen and oxygen atoms in total. The average Bonchev–Trinajstić information content (AvgIpc) is 3.36. The lowest BCUT2D eigenvalue weighted by Crippen LogP contribution is -2.56. The van der Waals surface area contributed by atoms with Gasteiger partial charge in [-0.25, -0.2) is 13.2 Å². The highest BCUT2D eigenvalue weighted by Crippen LogP contribution is 2.26. The molecule has 3 rings (SSSR count). The number of para-hydroxylation sites is 1. The molecule has 1 amide bonds. The first-order valence-electron chi connectivity index (χ1n) is 14.2. The highest BCUT2D eigenvalue weighted by atomic mass is 32.2. The summed E-state index contributed by atoms with van der Waals surface area (Å²) in [4.78, 5) is 29.6. The number of hydrogen-bond donors (Lipinski definition) is 4. The number of esters is 1. The summed E-state index contributed by atoms with van der Waals surface area (Å²) in [6, 6.07) is 12.2. The number of nitrogens with two attached hydrogens (primary N) is 1. The molecule has 0 saturated heterocycles. The molecule has 2 aromatic carbocycles. The number of rotatable bonds is 15. The maximum absolute atomic E-state index is 13.4. The smallest absolute Gasteiger partial charge is 0.434 e. The van der Waals surface area contributed by atoms with Gasteiger partial charge in [-0.15, -0.1) is 0 Å². The second-order valence-corrected chi connectivity index (χ2v) is 12.9. The summed E-state index contributed by atoms with van der Waals surface area (Å²) in [5.74, 6) is -2.90. The van der Waals surface area contributed by atoms with Gasteiger partial charge in [0.25, 0.3) is 0 Å². The summed E-state index contributed by atoms with van der Waals surface area (Å²) >= 11 is 0. The quantitative estimate of drug-likeness (QED) is 0.112. The minimum absolute atomic E-state index is 0.0122. The van der Waals surface area contributed by atoms with Crippen molar-refractivity contribution in [3.63, 3.8) is 0 Å². The van der Waals surface area contributed by atoms with Gasteiger partial charge in [-0.3, -0.25) is 4.79 Å². The van der Waals surface area contributed by atoms with E-state index in [0.29, 0.717) is 6.54 Å². The van der Waals surface area contributed by atoms with Crippen LogP contribution in [0, 0.1) is 12.8 Å². The molecule has 0 spiro atoms. The number of H-pyrrole nitrogens is 1. The van der Waals surface area contributed by atoms with E-state index >= 15 is 0 Å². The predicted octanol–water partition coefficient (Wildman–Crippen LogP) is 3.77. The summed E-state index contributed by atoms with van der Waals surface area (Å²) in [6.07, 6.45) is -3.67. The molecule has 0 saturated carbocycles. The number of aryl methyl sites for hydroxylation is 1. The van der Waals surface area contributed by atoms with Crippen LogP contribution in [0.4, 0.5) is 13.2 Å². The van der Waals surface area contributed by atoms with Crippen LogP contribution < -0.4 is 10.5 Å². The molecule has 3 aromatic rings. The molecule has 1 aromatic heterocycles. The van der Waals surface area contributed by atoms with E-state index in [0.717, 1.165) is 22.0 Å². The number of aromatic amines is 1. The number of sulfonamides is 1. The summed E-state index contributed by atoms with van der Waals surface area (Å²) in [5, 5.41) is 11.0. The molecule has 1 heterocycles. The Labute approximate surface area is 254 Å². The molecule has 0 aliphatic carbocycles. The second-order valence-electron chi connectivity index (χ2n) is 11.3. The number of hydrogen-bond acceptors (Lipinski definition) is 7. The van der Waals surface area contributed by atoms with Gasteiger partial charge >= 0.3 is 12.1 Å². The molecule has 0 fully saturated rings. The molecule has 2 atom stereocenters. The van der Waals surface area contributed by atoms with Crippen LogP contribution in [-0.2, 0) is 30.8 Å². The van der Waals surface area contributed by atoms with Crippen LogP contribution in [0.1, 0.15) is 44.2 Å². The molecule has 1 unspecified atom stereocenters. The third-order valence-electron chi connectivity index (χ3n) is 7.01. The normalized spacial score (nSPS) is 14.4. The van der Waals surface area contributed by atoms with Gasteiger partial charge in [0.15, 0.2) is 5.72 Å². The van der Waals surface area contributed by atoms with Crippen molar-refractivity contribution >= 4 is 32.8 Å². The Balaban J connectivity index is 1.73. The van der Waals surface area contributed by atoms with Gasteiger partial charge in [-0.1, -0.05) is 49.7 Å². The van der Waals surface area contributed by atoms with E-state index in [9.17, 15) is 36.3 Å². The number of aliphatic hydroxyl groups excluding tert-OH is 1. The number of fused-ring (bicyclic) bond motifs is 1. The van der Waals surface area contributed by atoms with Crippen molar-refractivity contribution in [2.75, 3.05) is 19.7 Å². The third-order valence-corrected chi connectivity index (χ3v) is 8.55. The van der Waals surface area contributed by atoms with Gasteiger partial charge < -0.3 is 25.5 Å². The number of halogens is 3. The monoisotopic (exact) mass is 640 g/mol. The van der Waals surface area contributed by atoms with Gasteiger partial charge in [0.2, 0.25) is 15.9 Å². The number of ether oxygens (including phenoxy) is 1. The maximum atomic E-state index is 13.4. The number of carbonyl (C=O) groups excluding carboxylic acids is 2. The topological polar surface area (TPSA) is 155 Å². The first-order chi connectivity index (χ1) is 20.6. The SMILES string of the molecule is Cc1ccc(S(=O)(=O)NC(CO)(CCCCN(CC(C)C)C(=O)[C@@H](N)Cc2c[nH]c3ccccc23)OC(=O)C(F)(F)F)cc1. The summed E-state index contributed by atoms with van der Waals surface area (Å²) in [5.41, 5.74) is 6.25. The molecular formula is C30H39F3N4O6S. The van der Waals surface area contributed by atoms with Gasteiger partial charge in [0.05, 0.1) is 17.5 Å². The number of unbranched alkanes of at least 4 members (excludes halogenated alkanes) is 1. The van der Waals surface area contributed by atoms with Gasteiger partial charge in [0, 0.05) is 36.6 Å². The molecular weight excluding hydrogens is 601 g/mol. The van der Waals surface area contributed by atoms with Crippen LogP contribution in [0.3, 0.4) is 0 Å². The largest absolute Gasteiger partial charge is 0.490 e. The standard InChI is InChI=1S/C30H39F3N4O6S/c1-20(2)18-37(27(39)25(34)16-22-17-35-26-9-5-4-8-24(22)26)15-7-6-14-29(19-38,43-28(40)30(31,32)33)36-44(41,42)23-12-10-21(3)11-13-23/h4-5,8-13,17,20,25,35-36,38H,6-7,14-16,18-19,34H2,1-3H3/t25-,29?/m0/s1. The summed E-state index contributed by atoms with van der Waals surface area (Å²) < 4.78 is 72.0. The lowest BCUT2D eigenvalue weighted by molar-refractivity contribution is -0.219. The number of benzene rings is 2. The molecule has 0 radical (unpaired) electrons. The van der Waals surface area contributed by atoms with Crippen LogP contribution in [0.5, 0.6) is 0 Å². The van der Waals surface area contributed by atoms with E-state index in [1.165, 1.54) is 24.3 Å². The van der Waals surface area contributed by atoms with Crippen molar-refractivity contribution in [3.05, 3.63) is 65.9 Å². The van der Waals surface area contributed by atoms with Crippen LogP contribution in [-0.4, -0.2) is 72.9 Å². The highest BCUT2D eigenvalue weighted by Gasteiger charge is 2.48. The zero-order chi connectivity index (χ0) is 32.7. The minimum atomic E-state index is -5.43. The van der Waals surface area contributed by atoms with Crippen LogP contribution in [0.15, 0.2) is 59.6 Å². The Hall–Kier alpha value is -3.46. The fourth-order valence-corrected chi connectivity index (χ4v) is 6.14. The number of amides is 1. The Kier molecular flexibility index (Phi) is 11.6. The van der Waals surface area contributed by atoms with Crippen molar-refractivity contribution in [2.45, 2.75) is 69.3 Å². The molecule has 5 N–H and O–H groups in total. The number of aromatic nitrogens is 1. The zero-order valence-electron chi connectivity index (χ0n) is 24.9. The Morgan fingerprint density at radius 1 is 1.09 bits per heavy atom. The van der Waals surface area contributed by atoms with Gasteiger partial charge in [-0.05, 0) is 55.9 Å². The van der Waals surface area contributed by atoms with Gasteiger partial charge in [-0.2, -0.15) is 17.9 Å². The van der Waals surface area contributed by atoms with Crippen LogP contribution in [0.2, 0.25) is 0 Å². The highest BCUT2D eigenvalue weighted by molar-refractivity contribution is 7.89. The first kappa shape index (κ1) is 35.0. The van der Waals surface area contributed by atoms with E-state index in [1.54, 1.807) is 18.0 Å². The lowest BCUT2D eigenvalue weighted by atomic mass is 10.0. The van der Waals surface area contributed by atoms with Crippen molar-refractivity contribution in [1.82, 2.24) is 14.6 Å². The van der Waals surface area contributed by atoms with E-state index in [-0.39, 0.29) is 42.5 Å². The zero-order valence-corrected chi connectivity index (χ0v) is 25.7. The Bertz CT molecular complexity index is 1530. The molecule has 242 valence electrons. The van der Waals surface area contributed by atoms with Crippen molar-refractivity contribution in [1.29, 1.82) is 0 Å². The average molecular weight is 641 g/mol. The van der Waals surface area contributed by atoms with Crippen LogP contribution in [0.25, 0.3) is 10.9 Å². The third kappa shape index (κ3) is 9.27. The molecule has 0 aliphatic rings. The molecule has 44 heavy (non-hydrogen) atoms. The first-order valence-corrected chi connectivity index (χ1v) is 15.7. The number of aliphatic hydroxyl groups is 1. The predicted molar refractivity (Wildman–Crippen MR) is 159 cm³/mol. The maximum Gasteiger partial charge on any atom is 0.490 e. The number of carbonyl (C=O) groups is 2. The fourth-order valence-electron chi connectivity index (χ4n) is 4.83. The molecule has 14 heteroatoms.